The lowest BCUT2D eigenvalue weighted by molar-refractivity contribution is 0.252. The minimum atomic E-state index is -0.126. The summed E-state index contributed by atoms with van der Waals surface area (Å²) in [4.78, 5) is 13.6. The Labute approximate surface area is 142 Å². The first-order valence-corrected chi connectivity index (χ1v) is 9.21. The largest absolute Gasteiger partial charge is 0.338 e. The van der Waals surface area contributed by atoms with E-state index in [0.29, 0.717) is 6.54 Å². The second-order valence-corrected chi connectivity index (χ2v) is 7.34. The molecule has 4 heteroatoms. The fourth-order valence-corrected chi connectivity index (χ4v) is 4.49. The molecule has 3 nitrogen and oxygen atoms in total. The van der Waals surface area contributed by atoms with Crippen molar-refractivity contribution < 1.29 is 4.79 Å². The molecule has 1 aliphatic rings. The summed E-state index contributed by atoms with van der Waals surface area (Å²) in [6, 6.07) is 5.95. The summed E-state index contributed by atoms with van der Waals surface area (Å²) in [5, 5.41) is 8.17. The Balaban J connectivity index is 1.50. The number of nitrogens with one attached hydrogen (secondary N) is 2. The van der Waals surface area contributed by atoms with Crippen LogP contribution in [-0.2, 0) is 19.3 Å². The molecule has 1 heterocycles. The number of fused-ring (bicyclic) bond motifs is 1. The minimum Gasteiger partial charge on any atom is -0.338 e. The third kappa shape index (κ3) is 4.14. The number of carbonyl (C=O) groups is 1. The van der Waals surface area contributed by atoms with Crippen molar-refractivity contribution >= 4 is 23.1 Å². The molecule has 122 valence electrons. The highest BCUT2D eigenvalue weighted by molar-refractivity contribution is 7.10. The van der Waals surface area contributed by atoms with Crippen molar-refractivity contribution in [1.29, 1.82) is 0 Å². The number of urea groups is 1. The second kappa shape index (κ2) is 7.18. The van der Waals surface area contributed by atoms with Crippen molar-refractivity contribution in [3.8, 4) is 0 Å². The predicted molar refractivity (Wildman–Crippen MR) is 97.6 cm³/mol. The molecule has 0 bridgehead atoms. The van der Waals surface area contributed by atoms with E-state index in [1.165, 1.54) is 31.2 Å². The second-order valence-electron chi connectivity index (χ2n) is 6.38. The maximum absolute atomic E-state index is 12.0. The van der Waals surface area contributed by atoms with Crippen LogP contribution in [-0.4, -0.2) is 12.6 Å². The first kappa shape index (κ1) is 16.1. The van der Waals surface area contributed by atoms with Crippen LogP contribution in [0.2, 0.25) is 0 Å². The van der Waals surface area contributed by atoms with Crippen molar-refractivity contribution in [2.75, 3.05) is 11.9 Å². The van der Waals surface area contributed by atoms with E-state index in [2.05, 4.69) is 22.1 Å². The number of thiophene rings is 1. The molecular weight excluding hydrogens is 304 g/mol. The maximum atomic E-state index is 12.0. The SMILES string of the molecule is Cc1cc(C)cc(NC(=O)NCCc2csc3c2CCCC3)c1. The van der Waals surface area contributed by atoms with Gasteiger partial charge in [-0.15, -0.1) is 11.3 Å². The predicted octanol–water partition coefficient (Wildman–Crippen LogP) is 4.61. The first-order chi connectivity index (χ1) is 11.1. The fourth-order valence-electron chi connectivity index (χ4n) is 3.30. The number of hydrogen-bond donors (Lipinski definition) is 2. The molecular formula is C19H24N2OS. The summed E-state index contributed by atoms with van der Waals surface area (Å²) in [5.74, 6) is 0. The van der Waals surface area contributed by atoms with Gasteiger partial charge in [0.05, 0.1) is 0 Å². The Morgan fingerprint density at radius 2 is 1.87 bits per heavy atom. The molecule has 2 amide bonds. The van der Waals surface area contributed by atoms with Gasteiger partial charge in [0.2, 0.25) is 0 Å². The van der Waals surface area contributed by atoms with Crippen molar-refractivity contribution in [3.63, 3.8) is 0 Å². The van der Waals surface area contributed by atoms with Gasteiger partial charge in [0.25, 0.3) is 0 Å². The molecule has 0 fully saturated rings. The topological polar surface area (TPSA) is 41.1 Å². The van der Waals surface area contributed by atoms with Gasteiger partial charge in [-0.05, 0) is 85.7 Å². The van der Waals surface area contributed by atoms with Gasteiger partial charge in [-0.25, -0.2) is 4.79 Å². The van der Waals surface area contributed by atoms with E-state index in [9.17, 15) is 4.79 Å². The molecule has 1 aromatic carbocycles. The van der Waals surface area contributed by atoms with Crippen LogP contribution in [0.25, 0.3) is 0 Å². The van der Waals surface area contributed by atoms with Crippen LogP contribution in [0.4, 0.5) is 10.5 Å². The number of amides is 2. The Hall–Kier alpha value is -1.81. The van der Waals surface area contributed by atoms with E-state index in [-0.39, 0.29) is 6.03 Å². The summed E-state index contributed by atoms with van der Waals surface area (Å²) < 4.78 is 0. The van der Waals surface area contributed by atoms with E-state index in [1.807, 2.05) is 37.3 Å². The average Bonchev–Trinajstić information content (AvgIpc) is 2.90. The molecule has 0 saturated carbocycles. The van der Waals surface area contributed by atoms with Crippen molar-refractivity contribution in [2.24, 2.45) is 0 Å². The van der Waals surface area contributed by atoms with Crippen LogP contribution in [0.3, 0.4) is 0 Å². The number of anilines is 1. The van der Waals surface area contributed by atoms with Crippen LogP contribution in [0.5, 0.6) is 0 Å². The molecule has 3 rings (SSSR count). The normalized spacial score (nSPS) is 13.5. The van der Waals surface area contributed by atoms with Crippen molar-refractivity contribution in [1.82, 2.24) is 5.32 Å². The molecule has 2 N–H and O–H groups in total. The zero-order chi connectivity index (χ0) is 16.2. The van der Waals surface area contributed by atoms with E-state index >= 15 is 0 Å². The molecule has 0 aliphatic heterocycles. The first-order valence-electron chi connectivity index (χ1n) is 8.33. The fraction of sp³-hybridized carbons (Fsp3) is 0.421. The highest BCUT2D eigenvalue weighted by Gasteiger charge is 2.15. The molecule has 2 aromatic rings. The van der Waals surface area contributed by atoms with Gasteiger partial charge >= 0.3 is 6.03 Å². The maximum Gasteiger partial charge on any atom is 0.319 e. The highest BCUT2D eigenvalue weighted by Crippen LogP contribution is 2.30. The lowest BCUT2D eigenvalue weighted by atomic mass is 9.95. The quantitative estimate of drug-likeness (QED) is 0.845. The Bertz CT molecular complexity index is 685. The summed E-state index contributed by atoms with van der Waals surface area (Å²) in [5.41, 5.74) is 6.15. The summed E-state index contributed by atoms with van der Waals surface area (Å²) in [6.07, 6.45) is 6.00. The monoisotopic (exact) mass is 328 g/mol. The van der Waals surface area contributed by atoms with Gasteiger partial charge in [-0.1, -0.05) is 6.07 Å². The van der Waals surface area contributed by atoms with Crippen LogP contribution < -0.4 is 10.6 Å². The number of rotatable bonds is 4. The van der Waals surface area contributed by atoms with Crippen molar-refractivity contribution in [3.05, 3.63) is 50.7 Å². The van der Waals surface area contributed by atoms with Gasteiger partial charge in [0.15, 0.2) is 0 Å². The van der Waals surface area contributed by atoms with Crippen LogP contribution in [0.15, 0.2) is 23.6 Å². The van der Waals surface area contributed by atoms with E-state index in [4.69, 9.17) is 0 Å². The molecule has 0 spiro atoms. The zero-order valence-corrected chi connectivity index (χ0v) is 14.7. The molecule has 0 saturated heterocycles. The Kier molecular flexibility index (Phi) is 5.01. The Morgan fingerprint density at radius 1 is 1.13 bits per heavy atom. The molecule has 0 atom stereocenters. The Morgan fingerprint density at radius 3 is 2.65 bits per heavy atom. The lowest BCUT2D eigenvalue weighted by Gasteiger charge is -2.13. The molecule has 23 heavy (non-hydrogen) atoms. The third-order valence-corrected chi connectivity index (χ3v) is 5.45. The lowest BCUT2D eigenvalue weighted by Crippen LogP contribution is -2.30. The molecule has 1 aromatic heterocycles. The summed E-state index contributed by atoms with van der Waals surface area (Å²) in [7, 11) is 0. The number of carbonyl (C=O) groups excluding carboxylic acids is 1. The van der Waals surface area contributed by atoms with Gasteiger partial charge in [-0.3, -0.25) is 0 Å². The zero-order valence-electron chi connectivity index (χ0n) is 13.9. The van der Waals surface area contributed by atoms with Gasteiger partial charge in [-0.2, -0.15) is 0 Å². The number of aryl methyl sites for hydroxylation is 3. The van der Waals surface area contributed by atoms with Gasteiger partial charge < -0.3 is 10.6 Å². The molecule has 1 aliphatic carbocycles. The van der Waals surface area contributed by atoms with E-state index in [1.54, 1.807) is 10.4 Å². The van der Waals surface area contributed by atoms with Crippen molar-refractivity contribution in [2.45, 2.75) is 46.0 Å². The molecule has 0 radical (unpaired) electrons. The minimum absolute atomic E-state index is 0.126. The smallest absolute Gasteiger partial charge is 0.319 e. The summed E-state index contributed by atoms with van der Waals surface area (Å²) in [6.45, 7) is 4.76. The molecule has 0 unspecified atom stereocenters. The standard InChI is InChI=1S/C19H24N2OS/c1-13-9-14(2)11-16(10-13)21-19(22)20-8-7-15-12-23-18-6-4-3-5-17(15)18/h9-12H,3-8H2,1-2H3,(H2,20,21,22). The average molecular weight is 328 g/mol. The third-order valence-electron chi connectivity index (χ3n) is 4.31. The van der Waals surface area contributed by atoms with E-state index < -0.39 is 0 Å². The highest BCUT2D eigenvalue weighted by atomic mass is 32.1. The van der Waals surface area contributed by atoms with E-state index in [0.717, 1.165) is 23.2 Å². The number of hydrogen-bond acceptors (Lipinski definition) is 2. The van der Waals surface area contributed by atoms with Crippen LogP contribution >= 0.6 is 11.3 Å². The van der Waals surface area contributed by atoms with Crippen LogP contribution in [0, 0.1) is 13.8 Å². The van der Waals surface area contributed by atoms with Gasteiger partial charge in [0.1, 0.15) is 0 Å². The summed E-state index contributed by atoms with van der Waals surface area (Å²) >= 11 is 1.89. The van der Waals surface area contributed by atoms with Crippen LogP contribution in [0.1, 0.15) is 40.0 Å². The number of benzene rings is 1. The van der Waals surface area contributed by atoms with Gasteiger partial charge in [0, 0.05) is 17.1 Å².